The van der Waals surface area contributed by atoms with E-state index < -0.39 is 0 Å². The number of fused-ring (bicyclic) bond motifs is 1. The highest BCUT2D eigenvalue weighted by Gasteiger charge is 2.23. The fourth-order valence-electron chi connectivity index (χ4n) is 6.33. The molecule has 2 saturated carbocycles. The van der Waals surface area contributed by atoms with Gasteiger partial charge in [0.1, 0.15) is 5.82 Å². The Morgan fingerprint density at radius 1 is 0.941 bits per heavy atom. The SMILES string of the molecule is N[C@H]1CC[C@H](NCCC(c2cccc(F)c2)c2cn(CC3CCCCC3)c3ccccc23)CC1. The molecule has 1 heterocycles. The van der Waals surface area contributed by atoms with E-state index in [1.54, 1.807) is 12.1 Å². The minimum atomic E-state index is -0.150. The molecule has 0 aliphatic heterocycles. The number of hydrogen-bond donors (Lipinski definition) is 2. The number of hydrogen-bond acceptors (Lipinski definition) is 2. The van der Waals surface area contributed by atoms with Gasteiger partial charge in [0.05, 0.1) is 0 Å². The zero-order valence-electron chi connectivity index (χ0n) is 20.4. The number of nitrogens with zero attached hydrogens (tertiary/aromatic N) is 1. The van der Waals surface area contributed by atoms with Crippen molar-refractivity contribution in [1.29, 1.82) is 0 Å². The Hall–Kier alpha value is -2.17. The summed E-state index contributed by atoms with van der Waals surface area (Å²) in [4.78, 5) is 0. The molecule has 182 valence electrons. The number of rotatable bonds is 8. The van der Waals surface area contributed by atoms with Crippen LogP contribution in [0.4, 0.5) is 4.39 Å². The maximum absolute atomic E-state index is 14.3. The van der Waals surface area contributed by atoms with Crippen molar-refractivity contribution in [2.45, 2.75) is 88.8 Å². The lowest BCUT2D eigenvalue weighted by atomic mass is 9.87. The van der Waals surface area contributed by atoms with Crippen LogP contribution >= 0.6 is 0 Å². The highest BCUT2D eigenvalue weighted by atomic mass is 19.1. The summed E-state index contributed by atoms with van der Waals surface area (Å²) in [5, 5.41) is 5.11. The fourth-order valence-corrected chi connectivity index (χ4v) is 6.33. The summed E-state index contributed by atoms with van der Waals surface area (Å²) in [5.41, 5.74) is 9.83. The molecule has 1 aromatic heterocycles. The Kier molecular flexibility index (Phi) is 7.66. The number of aromatic nitrogens is 1. The molecule has 5 rings (SSSR count). The van der Waals surface area contributed by atoms with Gasteiger partial charge in [0.25, 0.3) is 0 Å². The third kappa shape index (κ3) is 5.55. The smallest absolute Gasteiger partial charge is 0.123 e. The summed E-state index contributed by atoms with van der Waals surface area (Å²) >= 11 is 0. The van der Waals surface area contributed by atoms with Gasteiger partial charge in [-0.25, -0.2) is 4.39 Å². The second-order valence-corrected chi connectivity index (χ2v) is 10.7. The standard InChI is InChI=1S/C30H40FN3/c31-24-10-6-9-23(19-24)27(17-18-33-26-15-13-25(32)14-16-26)29-21-34(20-22-7-2-1-3-8-22)30-12-5-4-11-28(29)30/h4-6,9-12,19,21-22,25-27,33H,1-3,7-8,13-18,20,32H2/t25-,26-,27?. The molecule has 0 amide bonds. The first-order valence-corrected chi connectivity index (χ1v) is 13.5. The van der Waals surface area contributed by atoms with E-state index in [2.05, 4.69) is 46.4 Å². The Labute approximate surface area is 203 Å². The van der Waals surface area contributed by atoms with E-state index in [1.165, 1.54) is 48.6 Å². The van der Waals surface area contributed by atoms with E-state index in [-0.39, 0.29) is 11.7 Å². The van der Waals surface area contributed by atoms with Crippen molar-refractivity contribution in [3.63, 3.8) is 0 Å². The molecule has 0 saturated heterocycles. The Morgan fingerprint density at radius 3 is 2.53 bits per heavy atom. The predicted molar refractivity (Wildman–Crippen MR) is 140 cm³/mol. The van der Waals surface area contributed by atoms with Gasteiger partial charge < -0.3 is 15.6 Å². The molecule has 2 aliphatic carbocycles. The van der Waals surface area contributed by atoms with Crippen LogP contribution in [0.1, 0.15) is 81.3 Å². The summed E-state index contributed by atoms with van der Waals surface area (Å²) in [6.07, 6.45) is 14.7. The first kappa shape index (κ1) is 23.6. The highest BCUT2D eigenvalue weighted by Crippen LogP contribution is 2.36. The summed E-state index contributed by atoms with van der Waals surface area (Å²) in [6, 6.07) is 17.0. The lowest BCUT2D eigenvalue weighted by Gasteiger charge is -2.28. The highest BCUT2D eigenvalue weighted by molar-refractivity contribution is 5.85. The summed E-state index contributed by atoms with van der Waals surface area (Å²) < 4.78 is 16.8. The summed E-state index contributed by atoms with van der Waals surface area (Å²) in [7, 11) is 0. The maximum Gasteiger partial charge on any atom is 0.123 e. The lowest BCUT2D eigenvalue weighted by molar-refractivity contribution is 0.322. The van der Waals surface area contributed by atoms with Crippen LogP contribution in [0.3, 0.4) is 0 Å². The van der Waals surface area contributed by atoms with E-state index in [0.717, 1.165) is 56.7 Å². The second kappa shape index (κ2) is 11.0. The average molecular weight is 462 g/mol. The van der Waals surface area contributed by atoms with E-state index in [4.69, 9.17) is 5.73 Å². The third-order valence-corrected chi connectivity index (χ3v) is 8.26. The van der Waals surface area contributed by atoms with Gasteiger partial charge in [-0.05, 0) is 86.7 Å². The molecule has 1 atom stereocenters. The molecule has 0 spiro atoms. The van der Waals surface area contributed by atoms with Crippen LogP contribution < -0.4 is 11.1 Å². The molecule has 2 aromatic carbocycles. The molecular weight excluding hydrogens is 421 g/mol. The first-order valence-electron chi connectivity index (χ1n) is 13.5. The number of halogens is 1. The fraction of sp³-hybridized carbons (Fsp3) is 0.533. The van der Waals surface area contributed by atoms with Crippen LogP contribution in [0.25, 0.3) is 10.9 Å². The normalized spacial score (nSPS) is 22.8. The molecule has 2 aliphatic rings. The maximum atomic E-state index is 14.3. The number of nitrogens with one attached hydrogen (secondary N) is 1. The molecule has 2 fully saturated rings. The molecule has 34 heavy (non-hydrogen) atoms. The molecule has 4 heteroatoms. The lowest BCUT2D eigenvalue weighted by Crippen LogP contribution is -2.38. The van der Waals surface area contributed by atoms with Crippen LogP contribution in [-0.2, 0) is 6.54 Å². The first-order chi connectivity index (χ1) is 16.7. The number of nitrogens with two attached hydrogens (primary N) is 1. The zero-order valence-corrected chi connectivity index (χ0v) is 20.4. The van der Waals surface area contributed by atoms with Gasteiger partial charge in [-0.2, -0.15) is 0 Å². The van der Waals surface area contributed by atoms with Crippen molar-refractivity contribution in [2.24, 2.45) is 11.7 Å². The summed E-state index contributed by atoms with van der Waals surface area (Å²) in [6.45, 7) is 2.03. The van der Waals surface area contributed by atoms with Gasteiger partial charge >= 0.3 is 0 Å². The van der Waals surface area contributed by atoms with Gasteiger partial charge in [-0.15, -0.1) is 0 Å². The van der Waals surface area contributed by atoms with Crippen LogP contribution in [0.2, 0.25) is 0 Å². The van der Waals surface area contributed by atoms with E-state index in [0.29, 0.717) is 12.1 Å². The molecule has 0 radical (unpaired) electrons. The topological polar surface area (TPSA) is 43.0 Å². The Bertz CT molecular complexity index is 1060. The minimum Gasteiger partial charge on any atom is -0.347 e. The largest absolute Gasteiger partial charge is 0.347 e. The quantitative estimate of drug-likeness (QED) is 0.390. The van der Waals surface area contributed by atoms with Gasteiger partial charge in [-0.1, -0.05) is 49.6 Å². The minimum absolute atomic E-state index is 0.150. The van der Waals surface area contributed by atoms with E-state index in [1.807, 2.05) is 6.07 Å². The van der Waals surface area contributed by atoms with Crippen LogP contribution in [0, 0.1) is 11.7 Å². The van der Waals surface area contributed by atoms with E-state index in [9.17, 15) is 4.39 Å². The van der Waals surface area contributed by atoms with Crippen molar-refractivity contribution in [3.8, 4) is 0 Å². The van der Waals surface area contributed by atoms with Crippen LogP contribution in [-0.4, -0.2) is 23.2 Å². The Balaban J connectivity index is 1.41. The van der Waals surface area contributed by atoms with Crippen LogP contribution in [0.15, 0.2) is 54.7 Å². The molecule has 3 nitrogen and oxygen atoms in total. The van der Waals surface area contributed by atoms with Gasteiger partial charge in [0, 0.05) is 41.6 Å². The van der Waals surface area contributed by atoms with Gasteiger partial charge in [-0.3, -0.25) is 0 Å². The molecule has 3 aromatic rings. The molecule has 3 N–H and O–H groups in total. The monoisotopic (exact) mass is 461 g/mol. The zero-order chi connectivity index (χ0) is 23.3. The predicted octanol–water partition coefficient (Wildman–Crippen LogP) is 6.74. The summed E-state index contributed by atoms with van der Waals surface area (Å²) in [5.74, 6) is 0.790. The van der Waals surface area contributed by atoms with Crippen molar-refractivity contribution in [1.82, 2.24) is 9.88 Å². The van der Waals surface area contributed by atoms with Gasteiger partial charge in [0.2, 0.25) is 0 Å². The van der Waals surface area contributed by atoms with Crippen molar-refractivity contribution < 1.29 is 4.39 Å². The molecular formula is C30H40FN3. The third-order valence-electron chi connectivity index (χ3n) is 8.26. The van der Waals surface area contributed by atoms with Crippen molar-refractivity contribution in [2.75, 3.05) is 6.54 Å². The molecule has 0 bridgehead atoms. The molecule has 1 unspecified atom stereocenters. The second-order valence-electron chi connectivity index (χ2n) is 10.7. The van der Waals surface area contributed by atoms with Crippen molar-refractivity contribution in [3.05, 3.63) is 71.7 Å². The average Bonchev–Trinajstić information content (AvgIpc) is 3.22. The number of benzene rings is 2. The van der Waals surface area contributed by atoms with Crippen molar-refractivity contribution >= 4 is 10.9 Å². The number of para-hydroxylation sites is 1. The van der Waals surface area contributed by atoms with Crippen LogP contribution in [0.5, 0.6) is 0 Å². The van der Waals surface area contributed by atoms with E-state index >= 15 is 0 Å². The van der Waals surface area contributed by atoms with Gasteiger partial charge in [0.15, 0.2) is 0 Å². The Morgan fingerprint density at radius 2 is 1.74 bits per heavy atom.